The molecule has 0 aromatic rings. The molecule has 2 aliphatic heterocycles. The number of fused-ring (bicyclic) bond motifs is 1. The van der Waals surface area contributed by atoms with Gasteiger partial charge in [-0.1, -0.05) is 0 Å². The topological polar surface area (TPSA) is 42.0 Å². The highest BCUT2D eigenvalue weighted by atomic mass is 16.7. The summed E-state index contributed by atoms with van der Waals surface area (Å²) in [5, 5.41) is 0. The lowest BCUT2D eigenvalue weighted by atomic mass is 10.1. The van der Waals surface area contributed by atoms with Crippen LogP contribution in [0.15, 0.2) is 0 Å². The first kappa shape index (κ1) is 13.8. The average molecular weight is 256 g/mol. The van der Waals surface area contributed by atoms with Gasteiger partial charge in [-0.3, -0.25) is 9.69 Å². The van der Waals surface area contributed by atoms with Gasteiger partial charge in [0.1, 0.15) is 0 Å². The fourth-order valence-corrected chi connectivity index (χ4v) is 2.83. The van der Waals surface area contributed by atoms with E-state index < -0.39 is 0 Å². The number of carbonyl (C=O) groups is 1. The van der Waals surface area contributed by atoms with Crippen molar-refractivity contribution in [2.24, 2.45) is 0 Å². The van der Waals surface area contributed by atoms with Crippen LogP contribution in [-0.2, 0) is 14.3 Å². The Morgan fingerprint density at radius 2 is 2.00 bits per heavy atom. The summed E-state index contributed by atoms with van der Waals surface area (Å²) in [6.07, 6.45) is 1.59. The molecule has 2 heterocycles. The molecule has 0 radical (unpaired) electrons. The van der Waals surface area contributed by atoms with Crippen LogP contribution in [0.4, 0.5) is 0 Å². The maximum atomic E-state index is 11.6. The van der Waals surface area contributed by atoms with E-state index in [2.05, 4.69) is 4.90 Å². The Balaban J connectivity index is 1.81. The van der Waals surface area contributed by atoms with Gasteiger partial charge in [0.15, 0.2) is 6.29 Å². The maximum Gasteiger partial charge on any atom is 0.222 e. The number of nitrogens with zero attached hydrogens (tertiary/aromatic N) is 2. The number of amides is 1. The highest BCUT2D eigenvalue weighted by Crippen LogP contribution is 2.22. The van der Waals surface area contributed by atoms with E-state index in [1.807, 2.05) is 18.7 Å². The number of hydrogen-bond donors (Lipinski definition) is 0. The fourth-order valence-electron chi connectivity index (χ4n) is 2.83. The summed E-state index contributed by atoms with van der Waals surface area (Å²) in [5.41, 5.74) is 0. The monoisotopic (exact) mass is 256 g/mol. The molecule has 0 N–H and O–H groups in total. The molecule has 1 unspecified atom stereocenters. The van der Waals surface area contributed by atoms with Gasteiger partial charge in [-0.2, -0.15) is 0 Å². The molecule has 0 saturated carbocycles. The summed E-state index contributed by atoms with van der Waals surface area (Å²) in [6, 6.07) is 0.412. The smallest absolute Gasteiger partial charge is 0.222 e. The Morgan fingerprint density at radius 1 is 1.28 bits per heavy atom. The Labute approximate surface area is 109 Å². The van der Waals surface area contributed by atoms with Crippen molar-refractivity contribution >= 4 is 5.91 Å². The lowest BCUT2D eigenvalue weighted by molar-refractivity contribution is -0.152. The predicted molar refractivity (Wildman–Crippen MR) is 68.2 cm³/mol. The molecular formula is C13H24N2O3. The zero-order chi connectivity index (χ0) is 13.0. The van der Waals surface area contributed by atoms with Crippen molar-refractivity contribution in [2.75, 3.05) is 39.4 Å². The van der Waals surface area contributed by atoms with E-state index >= 15 is 0 Å². The Bertz CT molecular complexity index is 279. The normalized spacial score (nSPS) is 24.9. The third-order valence-electron chi connectivity index (χ3n) is 3.69. The Hall–Kier alpha value is -0.650. The van der Waals surface area contributed by atoms with Crippen LogP contribution in [-0.4, -0.2) is 67.4 Å². The van der Waals surface area contributed by atoms with Gasteiger partial charge in [0, 0.05) is 51.9 Å². The lowest BCUT2D eigenvalue weighted by Gasteiger charge is -2.38. The second-order valence-electron chi connectivity index (χ2n) is 4.88. The van der Waals surface area contributed by atoms with Crippen molar-refractivity contribution in [1.82, 2.24) is 9.80 Å². The molecule has 104 valence electrons. The van der Waals surface area contributed by atoms with Crippen molar-refractivity contribution in [3.05, 3.63) is 0 Å². The number of carbonyl (C=O) groups excluding carboxylic acids is 1. The molecule has 0 aliphatic carbocycles. The van der Waals surface area contributed by atoms with Crippen molar-refractivity contribution < 1.29 is 14.3 Å². The molecule has 1 atom stereocenters. The Kier molecular flexibility index (Phi) is 4.97. The molecular weight excluding hydrogens is 232 g/mol. The number of hydrogen-bond acceptors (Lipinski definition) is 4. The van der Waals surface area contributed by atoms with E-state index in [0.717, 1.165) is 39.0 Å². The van der Waals surface area contributed by atoms with Gasteiger partial charge in [-0.15, -0.1) is 0 Å². The van der Waals surface area contributed by atoms with E-state index in [1.165, 1.54) is 0 Å². The van der Waals surface area contributed by atoms with Gasteiger partial charge in [0.2, 0.25) is 5.91 Å². The van der Waals surface area contributed by atoms with Crippen LogP contribution in [0.1, 0.15) is 26.7 Å². The predicted octanol–water partition coefficient (Wildman–Crippen LogP) is 0.692. The lowest BCUT2D eigenvalue weighted by Crippen LogP contribution is -2.53. The van der Waals surface area contributed by atoms with Gasteiger partial charge >= 0.3 is 0 Å². The standard InChI is InChI=1S/C13H24N2O3/c1-3-17-13(18-4-2)10-14-7-8-15-11(9-14)5-6-12(15)16/h11,13H,3-10H2,1-2H3. The van der Waals surface area contributed by atoms with Crippen LogP contribution in [0.2, 0.25) is 0 Å². The van der Waals surface area contributed by atoms with Gasteiger partial charge in [0.05, 0.1) is 0 Å². The number of piperazine rings is 1. The van der Waals surface area contributed by atoms with Gasteiger partial charge in [-0.25, -0.2) is 0 Å². The minimum atomic E-state index is -0.136. The van der Waals surface area contributed by atoms with Crippen molar-refractivity contribution in [3.8, 4) is 0 Å². The molecule has 2 aliphatic rings. The minimum Gasteiger partial charge on any atom is -0.352 e. The first-order valence-corrected chi connectivity index (χ1v) is 6.99. The van der Waals surface area contributed by atoms with Crippen molar-refractivity contribution in [1.29, 1.82) is 0 Å². The zero-order valence-electron chi connectivity index (χ0n) is 11.4. The van der Waals surface area contributed by atoms with E-state index in [9.17, 15) is 4.79 Å². The third-order valence-corrected chi connectivity index (χ3v) is 3.69. The van der Waals surface area contributed by atoms with Crippen LogP contribution in [0.5, 0.6) is 0 Å². The van der Waals surface area contributed by atoms with Crippen molar-refractivity contribution in [2.45, 2.75) is 39.0 Å². The van der Waals surface area contributed by atoms with E-state index in [-0.39, 0.29) is 6.29 Å². The molecule has 0 spiro atoms. The quantitative estimate of drug-likeness (QED) is 0.656. The summed E-state index contributed by atoms with van der Waals surface area (Å²) < 4.78 is 11.1. The summed E-state index contributed by atoms with van der Waals surface area (Å²) >= 11 is 0. The van der Waals surface area contributed by atoms with Crippen LogP contribution in [0.3, 0.4) is 0 Å². The van der Waals surface area contributed by atoms with Gasteiger partial charge < -0.3 is 14.4 Å². The number of rotatable bonds is 6. The Morgan fingerprint density at radius 3 is 2.67 bits per heavy atom. The fraction of sp³-hybridized carbons (Fsp3) is 0.923. The molecule has 0 aromatic carbocycles. The van der Waals surface area contributed by atoms with Gasteiger partial charge in [0.25, 0.3) is 0 Å². The summed E-state index contributed by atoms with van der Waals surface area (Å²) in [5.74, 6) is 0.325. The summed E-state index contributed by atoms with van der Waals surface area (Å²) in [6.45, 7) is 8.87. The minimum absolute atomic E-state index is 0.136. The van der Waals surface area contributed by atoms with Gasteiger partial charge in [-0.05, 0) is 20.3 Å². The van der Waals surface area contributed by atoms with E-state index in [0.29, 0.717) is 25.2 Å². The number of ether oxygens (including phenoxy) is 2. The van der Waals surface area contributed by atoms with Crippen LogP contribution in [0, 0.1) is 0 Å². The molecule has 0 aromatic heterocycles. The molecule has 5 heteroatoms. The molecule has 2 rings (SSSR count). The van der Waals surface area contributed by atoms with Crippen LogP contribution < -0.4 is 0 Å². The van der Waals surface area contributed by atoms with Crippen LogP contribution >= 0.6 is 0 Å². The van der Waals surface area contributed by atoms with Crippen LogP contribution in [0.25, 0.3) is 0 Å². The highest BCUT2D eigenvalue weighted by molar-refractivity contribution is 5.78. The maximum absolute atomic E-state index is 11.6. The molecule has 2 fully saturated rings. The van der Waals surface area contributed by atoms with E-state index in [1.54, 1.807) is 0 Å². The second-order valence-corrected chi connectivity index (χ2v) is 4.88. The summed E-state index contributed by atoms with van der Waals surface area (Å²) in [7, 11) is 0. The average Bonchev–Trinajstić information content (AvgIpc) is 2.71. The summed E-state index contributed by atoms with van der Waals surface area (Å²) in [4.78, 5) is 16.0. The SMILES string of the molecule is CCOC(CN1CCN2C(=O)CCC2C1)OCC. The van der Waals surface area contributed by atoms with Crippen molar-refractivity contribution in [3.63, 3.8) is 0 Å². The first-order valence-electron chi connectivity index (χ1n) is 6.99. The highest BCUT2D eigenvalue weighted by Gasteiger charge is 2.35. The molecule has 0 bridgehead atoms. The zero-order valence-corrected chi connectivity index (χ0v) is 11.4. The second kappa shape index (κ2) is 6.50. The molecule has 1 amide bonds. The first-order chi connectivity index (χ1) is 8.74. The van der Waals surface area contributed by atoms with E-state index in [4.69, 9.17) is 9.47 Å². The third kappa shape index (κ3) is 3.22. The molecule has 2 saturated heterocycles. The molecule has 5 nitrogen and oxygen atoms in total. The largest absolute Gasteiger partial charge is 0.352 e. The molecule has 18 heavy (non-hydrogen) atoms.